The molecular formula is C24H25ClF2N4O6. The molecule has 2 fully saturated rings. The van der Waals surface area contributed by atoms with Crippen molar-refractivity contribution >= 4 is 28.7 Å². The fraction of sp³-hybridized carbons (Fsp3) is 0.458. The van der Waals surface area contributed by atoms with Gasteiger partial charge in [0.1, 0.15) is 41.6 Å². The van der Waals surface area contributed by atoms with Gasteiger partial charge >= 0.3 is 0 Å². The molecule has 4 heterocycles. The number of hydrogen-bond acceptors (Lipinski definition) is 8. The lowest BCUT2D eigenvalue weighted by Crippen LogP contribution is -2.34. The van der Waals surface area contributed by atoms with Gasteiger partial charge in [-0.2, -0.15) is 9.97 Å². The normalized spacial score (nSPS) is 23.0. The molecule has 1 aromatic carbocycles. The van der Waals surface area contributed by atoms with E-state index in [1.54, 1.807) is 0 Å². The van der Waals surface area contributed by atoms with E-state index in [9.17, 15) is 18.7 Å². The minimum Gasteiger partial charge on any atom is -0.471 e. The van der Waals surface area contributed by atoms with Gasteiger partial charge in [-0.1, -0.05) is 25.4 Å². The molecule has 1 unspecified atom stereocenters. The highest BCUT2D eigenvalue weighted by atomic mass is 35.5. The number of halogens is 3. The summed E-state index contributed by atoms with van der Waals surface area (Å²) >= 11 is 6.26. The van der Waals surface area contributed by atoms with Crippen LogP contribution in [0.1, 0.15) is 29.8 Å². The van der Waals surface area contributed by atoms with Crippen LogP contribution in [0, 0.1) is 17.6 Å². The number of H-pyrrole nitrogens is 1. The molecule has 2 aliphatic heterocycles. The Morgan fingerprint density at radius 3 is 2.68 bits per heavy atom. The lowest BCUT2D eigenvalue weighted by Gasteiger charge is -2.15. The van der Waals surface area contributed by atoms with E-state index in [0.29, 0.717) is 12.1 Å². The Labute approximate surface area is 215 Å². The fourth-order valence-corrected chi connectivity index (χ4v) is 4.34. The van der Waals surface area contributed by atoms with Gasteiger partial charge in [0.25, 0.3) is 11.9 Å². The van der Waals surface area contributed by atoms with Crippen LogP contribution in [0.2, 0.25) is 5.02 Å². The van der Waals surface area contributed by atoms with Gasteiger partial charge in [-0.15, -0.1) is 0 Å². The molecule has 0 bridgehead atoms. The molecule has 4 atom stereocenters. The number of benzene rings is 1. The van der Waals surface area contributed by atoms with E-state index in [-0.39, 0.29) is 52.8 Å². The Kier molecular flexibility index (Phi) is 7.17. The second-order valence-corrected chi connectivity index (χ2v) is 9.73. The van der Waals surface area contributed by atoms with Crippen molar-refractivity contribution in [2.24, 2.45) is 5.92 Å². The number of nitrogens with one attached hydrogen (secondary N) is 2. The predicted molar refractivity (Wildman–Crippen MR) is 127 cm³/mol. The average Bonchev–Trinajstić information content (AvgIpc) is 3.53. The van der Waals surface area contributed by atoms with Crippen LogP contribution in [-0.2, 0) is 16.1 Å². The summed E-state index contributed by atoms with van der Waals surface area (Å²) in [6, 6.07) is 3.55. The lowest BCUT2D eigenvalue weighted by atomic mass is 10.1. The summed E-state index contributed by atoms with van der Waals surface area (Å²) in [5.41, 5.74) is 0.149. The van der Waals surface area contributed by atoms with Crippen LogP contribution in [0.5, 0.6) is 11.9 Å². The van der Waals surface area contributed by atoms with Gasteiger partial charge in [-0.3, -0.25) is 4.79 Å². The number of pyridine rings is 1. The number of nitrogens with zero attached hydrogens (tertiary/aromatic N) is 2. The number of aliphatic hydroxyl groups is 1. The number of aromatic nitrogens is 3. The molecule has 3 N–H and O–H groups in total. The number of amides is 1. The number of carbonyl (C=O) groups excluding carboxylic acids is 1. The van der Waals surface area contributed by atoms with Crippen LogP contribution >= 0.6 is 11.6 Å². The molecule has 1 amide bonds. The first-order valence-electron chi connectivity index (χ1n) is 11.7. The van der Waals surface area contributed by atoms with Crippen molar-refractivity contribution in [3.63, 3.8) is 0 Å². The average molecular weight is 539 g/mol. The number of imidazole rings is 1. The van der Waals surface area contributed by atoms with Crippen LogP contribution in [0.3, 0.4) is 0 Å². The van der Waals surface area contributed by atoms with Gasteiger partial charge < -0.3 is 34.4 Å². The van der Waals surface area contributed by atoms with E-state index in [2.05, 4.69) is 20.3 Å². The van der Waals surface area contributed by atoms with Gasteiger partial charge in [0.05, 0.1) is 24.3 Å². The van der Waals surface area contributed by atoms with Crippen molar-refractivity contribution in [2.75, 3.05) is 19.8 Å². The van der Waals surface area contributed by atoms with Gasteiger partial charge in [0.2, 0.25) is 5.88 Å². The standard InChI is InChI=1S/C24H25ClF2N4O6/c1-10(2)6-28-22(33)11-3-14(26)12(15(27)4-11)7-36-23-13(25)5-16-21(30-23)31-24(29-16)37-18-9-35-19-17(32)8-34-20(18)19/h3-5,10,17-20,32H,6-9H2,1-2H3,(H,28,33)(H,29,30,31)/t17-,18-,19?,20-/m1/s1. The first-order valence-corrected chi connectivity index (χ1v) is 12.1. The van der Waals surface area contributed by atoms with Crippen LogP contribution < -0.4 is 14.8 Å². The number of carbonyl (C=O) groups is 1. The molecule has 3 aromatic rings. The molecule has 0 saturated carbocycles. The first-order chi connectivity index (χ1) is 17.7. The maximum Gasteiger partial charge on any atom is 0.296 e. The molecular weight excluding hydrogens is 514 g/mol. The van der Waals surface area contributed by atoms with Gasteiger partial charge in [0, 0.05) is 12.1 Å². The summed E-state index contributed by atoms with van der Waals surface area (Å²) in [5, 5.41) is 12.6. The quantitative estimate of drug-likeness (QED) is 0.399. The fourth-order valence-electron chi connectivity index (χ4n) is 4.14. The smallest absolute Gasteiger partial charge is 0.296 e. The summed E-state index contributed by atoms with van der Waals surface area (Å²) < 4.78 is 51.7. The maximum absolute atomic E-state index is 14.6. The minimum atomic E-state index is -0.932. The highest BCUT2D eigenvalue weighted by molar-refractivity contribution is 6.32. The molecule has 2 aliphatic rings. The number of rotatable bonds is 8. The summed E-state index contributed by atoms with van der Waals surface area (Å²) in [4.78, 5) is 23.6. The summed E-state index contributed by atoms with van der Waals surface area (Å²) in [6.45, 7) is 4.08. The van der Waals surface area contributed by atoms with E-state index in [1.807, 2.05) is 13.8 Å². The molecule has 5 rings (SSSR count). The molecule has 0 radical (unpaired) electrons. The topological polar surface area (TPSA) is 128 Å². The molecule has 37 heavy (non-hydrogen) atoms. The maximum atomic E-state index is 14.6. The Balaban J connectivity index is 1.27. The molecule has 2 saturated heterocycles. The zero-order chi connectivity index (χ0) is 26.3. The van der Waals surface area contributed by atoms with Gasteiger partial charge in [-0.25, -0.2) is 8.78 Å². The van der Waals surface area contributed by atoms with Crippen LogP contribution in [0.25, 0.3) is 11.2 Å². The van der Waals surface area contributed by atoms with Crippen LogP contribution in [0.4, 0.5) is 8.78 Å². The SMILES string of the molecule is CC(C)CNC(=O)c1cc(F)c(COc2nc3nc(O[C@@H]4COC5[C@H](O)CO[C@@H]54)[nH]c3cc2Cl)c(F)c1. The van der Waals surface area contributed by atoms with Crippen molar-refractivity contribution in [1.82, 2.24) is 20.3 Å². The number of fused-ring (bicyclic) bond motifs is 2. The van der Waals surface area contributed by atoms with Crippen LogP contribution in [0.15, 0.2) is 18.2 Å². The second kappa shape index (κ2) is 10.4. The third kappa shape index (κ3) is 5.33. The zero-order valence-corrected chi connectivity index (χ0v) is 20.7. The van der Waals surface area contributed by atoms with Crippen molar-refractivity contribution in [3.8, 4) is 11.9 Å². The van der Waals surface area contributed by atoms with Crippen LogP contribution in [-0.4, -0.2) is 70.1 Å². The number of ether oxygens (including phenoxy) is 4. The van der Waals surface area contributed by atoms with Crippen molar-refractivity contribution in [3.05, 3.63) is 46.0 Å². The van der Waals surface area contributed by atoms with Crippen molar-refractivity contribution in [2.45, 2.75) is 44.9 Å². The summed E-state index contributed by atoms with van der Waals surface area (Å²) in [6.07, 6.45) is -2.06. The Bertz CT molecular complexity index is 1300. The number of hydrogen-bond donors (Lipinski definition) is 3. The largest absolute Gasteiger partial charge is 0.471 e. The van der Waals surface area contributed by atoms with Gasteiger partial charge in [0.15, 0.2) is 11.8 Å². The Hall–Kier alpha value is -3.06. The van der Waals surface area contributed by atoms with E-state index in [4.69, 9.17) is 30.5 Å². The second-order valence-electron chi connectivity index (χ2n) is 9.32. The third-order valence-electron chi connectivity index (χ3n) is 6.04. The molecule has 13 heteroatoms. The Morgan fingerprint density at radius 2 is 1.95 bits per heavy atom. The predicted octanol–water partition coefficient (Wildman–Crippen LogP) is 2.76. The van der Waals surface area contributed by atoms with Crippen molar-refractivity contribution < 1.29 is 37.6 Å². The molecule has 198 valence electrons. The zero-order valence-electron chi connectivity index (χ0n) is 20.0. The first kappa shape index (κ1) is 25.6. The summed E-state index contributed by atoms with van der Waals surface area (Å²) in [5.74, 6) is -2.33. The molecule has 10 nitrogen and oxygen atoms in total. The highest BCUT2D eigenvalue weighted by Gasteiger charge is 2.48. The molecule has 2 aromatic heterocycles. The molecule has 0 spiro atoms. The van der Waals surface area contributed by atoms with E-state index >= 15 is 0 Å². The van der Waals surface area contributed by atoms with E-state index < -0.39 is 48.6 Å². The monoisotopic (exact) mass is 538 g/mol. The highest BCUT2D eigenvalue weighted by Crippen LogP contribution is 2.31. The number of aromatic amines is 1. The Morgan fingerprint density at radius 1 is 1.22 bits per heavy atom. The van der Waals surface area contributed by atoms with E-state index in [1.165, 1.54) is 6.07 Å². The molecule has 0 aliphatic carbocycles. The summed E-state index contributed by atoms with van der Waals surface area (Å²) in [7, 11) is 0. The third-order valence-corrected chi connectivity index (χ3v) is 6.32. The van der Waals surface area contributed by atoms with E-state index in [0.717, 1.165) is 12.1 Å². The van der Waals surface area contributed by atoms with Gasteiger partial charge in [-0.05, 0) is 24.1 Å². The van der Waals surface area contributed by atoms with Crippen molar-refractivity contribution in [1.29, 1.82) is 0 Å². The minimum absolute atomic E-state index is 0.0831. The number of aliphatic hydroxyl groups excluding tert-OH is 1. The lowest BCUT2D eigenvalue weighted by molar-refractivity contribution is 0.00706.